The Morgan fingerprint density at radius 3 is 1.12 bits per heavy atom. The minimum atomic E-state index is -0.135. The summed E-state index contributed by atoms with van der Waals surface area (Å²) in [5.41, 5.74) is 1.08. The van der Waals surface area contributed by atoms with E-state index in [4.69, 9.17) is 23.7 Å². The molecule has 0 aliphatic heterocycles. The van der Waals surface area contributed by atoms with Crippen molar-refractivity contribution in [2.75, 3.05) is 13.1 Å². The molecule has 9 heteroatoms. The van der Waals surface area contributed by atoms with E-state index in [0.29, 0.717) is 64.8 Å². The molecule has 0 unspecified atom stereocenters. The van der Waals surface area contributed by atoms with Crippen molar-refractivity contribution in [3.05, 3.63) is 41.5 Å². The number of hydrogen-bond donors (Lipinski definition) is 2. The zero-order valence-corrected chi connectivity index (χ0v) is 32.1. The largest absolute Gasteiger partial charge is 0.491 e. The molecule has 0 heterocycles. The highest BCUT2D eigenvalue weighted by molar-refractivity contribution is 5.96. The van der Waals surface area contributed by atoms with E-state index < -0.39 is 0 Å². The van der Waals surface area contributed by atoms with Crippen LogP contribution < -0.4 is 34.3 Å². The quantitative estimate of drug-likeness (QED) is 0.163. The van der Waals surface area contributed by atoms with Crippen molar-refractivity contribution in [2.24, 2.45) is 11.8 Å². The van der Waals surface area contributed by atoms with E-state index in [-0.39, 0.29) is 42.3 Å². The molecule has 272 valence electrons. The van der Waals surface area contributed by atoms with Crippen LogP contribution in [-0.2, 0) is 0 Å². The van der Waals surface area contributed by atoms with Gasteiger partial charge in [0.25, 0.3) is 11.8 Å². The van der Waals surface area contributed by atoms with Crippen LogP contribution in [0.1, 0.15) is 130 Å². The number of carbonyl (C=O) groups excluding carboxylic acids is 2. The van der Waals surface area contributed by atoms with Crippen LogP contribution in [0.5, 0.6) is 28.7 Å². The molecule has 2 aromatic rings. The van der Waals surface area contributed by atoms with Crippen LogP contribution in [0.15, 0.2) is 30.3 Å². The number of ether oxygens (including phenoxy) is 5. The summed E-state index contributed by atoms with van der Waals surface area (Å²) in [6.45, 7) is 29.3. The normalized spacial score (nSPS) is 11.3. The van der Waals surface area contributed by atoms with Gasteiger partial charge in [-0.3, -0.25) is 9.59 Å². The molecule has 0 fully saturated rings. The van der Waals surface area contributed by atoms with Crippen molar-refractivity contribution in [3.63, 3.8) is 0 Å². The van der Waals surface area contributed by atoms with Gasteiger partial charge in [-0.15, -0.1) is 0 Å². The van der Waals surface area contributed by atoms with Gasteiger partial charge in [0.05, 0.1) is 30.5 Å². The van der Waals surface area contributed by atoms with E-state index >= 15 is 0 Å². The fraction of sp³-hybridized carbons (Fsp3) is 0.641. The van der Waals surface area contributed by atoms with Gasteiger partial charge in [-0.1, -0.05) is 27.7 Å². The zero-order valence-electron chi connectivity index (χ0n) is 32.1. The first-order valence-corrected chi connectivity index (χ1v) is 17.6. The highest BCUT2D eigenvalue weighted by Crippen LogP contribution is 2.40. The highest BCUT2D eigenvalue weighted by atomic mass is 16.6. The minimum Gasteiger partial charge on any atom is -0.491 e. The van der Waals surface area contributed by atoms with Crippen molar-refractivity contribution >= 4 is 11.8 Å². The third-order valence-electron chi connectivity index (χ3n) is 6.26. The Morgan fingerprint density at radius 2 is 0.812 bits per heavy atom. The summed E-state index contributed by atoms with van der Waals surface area (Å²) < 4.78 is 29.2. The van der Waals surface area contributed by atoms with Crippen LogP contribution >= 0.6 is 0 Å². The molecular formula is C39H64N2O7. The van der Waals surface area contributed by atoms with Crippen LogP contribution in [0.25, 0.3) is 0 Å². The summed E-state index contributed by atoms with van der Waals surface area (Å²) in [5, 5.41) is 5.90. The fourth-order valence-electron chi connectivity index (χ4n) is 4.28. The smallest absolute Gasteiger partial charge is 0.251 e. The Balaban J connectivity index is 0.000000487. The number of benzene rings is 2. The number of rotatable bonds is 18. The predicted molar refractivity (Wildman–Crippen MR) is 195 cm³/mol. The standard InChI is InChI=1S/C21H35NO4.C18H29NO3/c1-13(2)9-10-22-21(23)17-11-18(24-14(3)4)20(26-16(7)8)19(12-17)25-15(5)6;1-12(2)7-8-19-18(20)15-9-16(21-13(3)4)11-17(10-15)22-14(5)6/h11-16H,9-10H2,1-8H3,(H,22,23);9-14H,7-8H2,1-6H3,(H,19,20). The Bertz CT molecular complexity index is 1190. The fourth-order valence-corrected chi connectivity index (χ4v) is 4.28. The molecular weight excluding hydrogens is 608 g/mol. The maximum Gasteiger partial charge on any atom is 0.251 e. The molecule has 0 aliphatic carbocycles. The van der Waals surface area contributed by atoms with Gasteiger partial charge in [-0.05, 0) is 118 Å². The SMILES string of the molecule is CC(C)CCNC(=O)c1cc(OC(C)C)c(OC(C)C)c(OC(C)C)c1.CC(C)CCNC(=O)c1cc(OC(C)C)cc(OC(C)C)c1. The Labute approximate surface area is 290 Å². The summed E-state index contributed by atoms with van der Waals surface area (Å²) in [5.74, 6) is 3.78. The first-order chi connectivity index (χ1) is 22.4. The van der Waals surface area contributed by atoms with Gasteiger partial charge in [0.15, 0.2) is 11.5 Å². The third kappa shape index (κ3) is 17.5. The summed E-state index contributed by atoms with van der Waals surface area (Å²) in [4.78, 5) is 24.9. The van der Waals surface area contributed by atoms with Gasteiger partial charge in [-0.25, -0.2) is 0 Å². The average Bonchev–Trinajstić information content (AvgIpc) is 2.92. The van der Waals surface area contributed by atoms with Crippen LogP contribution in [0.3, 0.4) is 0 Å². The maximum absolute atomic E-state index is 12.6. The molecule has 2 N–H and O–H groups in total. The number of carbonyl (C=O) groups is 2. The monoisotopic (exact) mass is 672 g/mol. The molecule has 0 aromatic heterocycles. The molecule has 2 aromatic carbocycles. The van der Waals surface area contributed by atoms with Gasteiger partial charge in [-0.2, -0.15) is 0 Å². The lowest BCUT2D eigenvalue weighted by atomic mass is 10.1. The Kier molecular flexibility index (Phi) is 18.9. The van der Waals surface area contributed by atoms with E-state index in [2.05, 4.69) is 38.3 Å². The second-order valence-corrected chi connectivity index (χ2v) is 14.2. The zero-order chi connectivity index (χ0) is 36.6. The van der Waals surface area contributed by atoms with Crippen LogP contribution in [0, 0.1) is 11.8 Å². The van der Waals surface area contributed by atoms with Gasteiger partial charge < -0.3 is 34.3 Å². The average molecular weight is 673 g/mol. The van der Waals surface area contributed by atoms with E-state index in [9.17, 15) is 9.59 Å². The topological polar surface area (TPSA) is 104 Å². The van der Waals surface area contributed by atoms with E-state index in [1.807, 2.05) is 75.3 Å². The highest BCUT2D eigenvalue weighted by Gasteiger charge is 2.21. The molecule has 0 saturated heterocycles. The number of hydrogen-bond acceptors (Lipinski definition) is 7. The summed E-state index contributed by atoms with van der Waals surface area (Å²) in [6, 6.07) is 8.81. The van der Waals surface area contributed by atoms with Crippen molar-refractivity contribution in [1.82, 2.24) is 10.6 Å². The van der Waals surface area contributed by atoms with Crippen LogP contribution in [0.4, 0.5) is 0 Å². The van der Waals surface area contributed by atoms with Crippen molar-refractivity contribution < 1.29 is 33.3 Å². The molecule has 0 aliphatic rings. The van der Waals surface area contributed by atoms with Crippen LogP contribution in [0.2, 0.25) is 0 Å². The molecule has 0 atom stereocenters. The summed E-state index contributed by atoms with van der Waals surface area (Å²) in [6.07, 6.45) is 1.86. The van der Waals surface area contributed by atoms with Gasteiger partial charge in [0.1, 0.15) is 11.5 Å². The second-order valence-electron chi connectivity index (χ2n) is 14.2. The molecule has 48 heavy (non-hydrogen) atoms. The maximum atomic E-state index is 12.6. The first kappa shape index (κ1) is 42.4. The molecule has 0 saturated carbocycles. The lowest BCUT2D eigenvalue weighted by Crippen LogP contribution is -2.25. The lowest BCUT2D eigenvalue weighted by Gasteiger charge is -2.22. The van der Waals surface area contributed by atoms with E-state index in [1.165, 1.54) is 0 Å². The van der Waals surface area contributed by atoms with Crippen molar-refractivity contribution in [2.45, 2.75) is 140 Å². The molecule has 9 nitrogen and oxygen atoms in total. The predicted octanol–water partition coefficient (Wildman–Crippen LogP) is 8.86. The van der Waals surface area contributed by atoms with E-state index in [1.54, 1.807) is 24.3 Å². The van der Waals surface area contributed by atoms with Gasteiger partial charge in [0.2, 0.25) is 5.75 Å². The lowest BCUT2D eigenvalue weighted by molar-refractivity contribution is 0.0942. The third-order valence-corrected chi connectivity index (χ3v) is 6.26. The molecule has 0 bridgehead atoms. The number of nitrogens with one attached hydrogen (secondary N) is 2. The van der Waals surface area contributed by atoms with Gasteiger partial charge in [0, 0.05) is 30.3 Å². The first-order valence-electron chi connectivity index (χ1n) is 17.6. The van der Waals surface area contributed by atoms with Crippen molar-refractivity contribution in [1.29, 1.82) is 0 Å². The molecule has 2 amide bonds. The summed E-state index contributed by atoms with van der Waals surface area (Å²) in [7, 11) is 0. The minimum absolute atomic E-state index is 0.0373. The van der Waals surface area contributed by atoms with Gasteiger partial charge >= 0.3 is 0 Å². The van der Waals surface area contributed by atoms with E-state index in [0.717, 1.165) is 12.8 Å². The van der Waals surface area contributed by atoms with Crippen LogP contribution in [-0.4, -0.2) is 55.4 Å². The summed E-state index contributed by atoms with van der Waals surface area (Å²) >= 11 is 0. The molecule has 0 radical (unpaired) electrons. The Hall–Kier alpha value is -3.62. The Morgan fingerprint density at radius 1 is 0.479 bits per heavy atom. The number of amides is 2. The molecule has 0 spiro atoms. The van der Waals surface area contributed by atoms with Crippen molar-refractivity contribution in [3.8, 4) is 28.7 Å². The molecule has 2 rings (SSSR count). The second kappa shape index (κ2) is 21.4.